The molecule has 1 aliphatic heterocycles. The van der Waals surface area contributed by atoms with Crippen molar-refractivity contribution in [2.24, 2.45) is 0 Å². The van der Waals surface area contributed by atoms with E-state index in [1.807, 2.05) is 28.9 Å². The summed E-state index contributed by atoms with van der Waals surface area (Å²) in [7, 11) is 1.62. The Balaban J connectivity index is 1.93. The highest BCUT2D eigenvalue weighted by Gasteiger charge is 2.24. The number of unbranched alkanes of at least 4 members (excludes halogenated alkanes) is 1. The molecule has 1 saturated heterocycles. The summed E-state index contributed by atoms with van der Waals surface area (Å²) in [5.41, 5.74) is 1.63. The van der Waals surface area contributed by atoms with Crippen LogP contribution < -0.4 is 4.74 Å². The molecule has 0 aliphatic carbocycles. The van der Waals surface area contributed by atoms with Gasteiger partial charge >= 0.3 is 0 Å². The van der Waals surface area contributed by atoms with Gasteiger partial charge in [0.2, 0.25) is 5.91 Å². The molecular formula is C18H26N2O3. The molecule has 0 radical (unpaired) electrons. The van der Waals surface area contributed by atoms with Gasteiger partial charge in [-0.15, -0.1) is 0 Å². The number of hydrogen-bond acceptors (Lipinski definition) is 3. The zero-order chi connectivity index (χ0) is 16.8. The fourth-order valence-corrected chi connectivity index (χ4v) is 2.84. The second kappa shape index (κ2) is 7.99. The molecule has 1 aromatic rings. The molecule has 0 saturated carbocycles. The van der Waals surface area contributed by atoms with Gasteiger partial charge in [0.15, 0.2) is 0 Å². The van der Waals surface area contributed by atoms with Crippen molar-refractivity contribution in [1.29, 1.82) is 0 Å². The van der Waals surface area contributed by atoms with Crippen LogP contribution in [-0.2, 0) is 4.79 Å². The number of ether oxygens (including phenoxy) is 1. The normalized spacial score (nSPS) is 14.7. The molecule has 1 aliphatic rings. The van der Waals surface area contributed by atoms with Gasteiger partial charge in [-0.25, -0.2) is 0 Å². The molecule has 2 amide bonds. The molecule has 1 fully saturated rings. The van der Waals surface area contributed by atoms with Gasteiger partial charge in [0, 0.05) is 38.2 Å². The summed E-state index contributed by atoms with van der Waals surface area (Å²) in [6, 6.07) is 5.49. The Morgan fingerprint density at radius 2 is 1.78 bits per heavy atom. The van der Waals surface area contributed by atoms with Crippen LogP contribution in [0.2, 0.25) is 0 Å². The number of piperazine rings is 1. The Hall–Kier alpha value is -2.04. The molecule has 1 aromatic carbocycles. The summed E-state index contributed by atoms with van der Waals surface area (Å²) >= 11 is 0. The molecule has 23 heavy (non-hydrogen) atoms. The van der Waals surface area contributed by atoms with Crippen molar-refractivity contribution in [2.75, 3.05) is 33.3 Å². The van der Waals surface area contributed by atoms with Crippen molar-refractivity contribution >= 4 is 11.8 Å². The van der Waals surface area contributed by atoms with Crippen molar-refractivity contribution in [1.82, 2.24) is 9.80 Å². The van der Waals surface area contributed by atoms with E-state index in [1.54, 1.807) is 13.2 Å². The zero-order valence-electron chi connectivity index (χ0n) is 14.3. The van der Waals surface area contributed by atoms with Crippen molar-refractivity contribution < 1.29 is 14.3 Å². The highest BCUT2D eigenvalue weighted by molar-refractivity contribution is 5.94. The van der Waals surface area contributed by atoms with Crippen LogP contribution in [0.3, 0.4) is 0 Å². The van der Waals surface area contributed by atoms with E-state index in [1.165, 1.54) is 0 Å². The number of amides is 2. The lowest BCUT2D eigenvalue weighted by Gasteiger charge is -2.35. The third-order valence-electron chi connectivity index (χ3n) is 4.31. The monoisotopic (exact) mass is 318 g/mol. The number of carbonyl (C=O) groups excluding carboxylic acids is 2. The van der Waals surface area contributed by atoms with Crippen molar-refractivity contribution in [2.45, 2.75) is 33.1 Å². The topological polar surface area (TPSA) is 49.9 Å². The van der Waals surface area contributed by atoms with Crippen LogP contribution in [0.25, 0.3) is 0 Å². The van der Waals surface area contributed by atoms with E-state index >= 15 is 0 Å². The fourth-order valence-electron chi connectivity index (χ4n) is 2.84. The van der Waals surface area contributed by atoms with E-state index in [0.29, 0.717) is 38.2 Å². The number of benzene rings is 1. The minimum atomic E-state index is 0.0245. The molecule has 126 valence electrons. The maximum atomic E-state index is 12.6. The molecule has 0 spiro atoms. The highest BCUT2D eigenvalue weighted by atomic mass is 16.5. The number of carbonyl (C=O) groups is 2. The van der Waals surface area contributed by atoms with E-state index in [0.717, 1.165) is 24.2 Å². The lowest BCUT2D eigenvalue weighted by molar-refractivity contribution is -0.132. The maximum absolute atomic E-state index is 12.6. The van der Waals surface area contributed by atoms with Gasteiger partial charge in [0.05, 0.1) is 7.11 Å². The van der Waals surface area contributed by atoms with Gasteiger partial charge in [-0.3, -0.25) is 9.59 Å². The minimum Gasteiger partial charge on any atom is -0.496 e. The lowest BCUT2D eigenvalue weighted by Crippen LogP contribution is -2.50. The van der Waals surface area contributed by atoms with Gasteiger partial charge < -0.3 is 14.5 Å². The van der Waals surface area contributed by atoms with Crippen LogP contribution >= 0.6 is 0 Å². The first-order chi connectivity index (χ1) is 11.1. The van der Waals surface area contributed by atoms with Crippen molar-refractivity contribution in [3.05, 3.63) is 29.3 Å². The molecular weight excluding hydrogens is 292 g/mol. The molecule has 0 bridgehead atoms. The van der Waals surface area contributed by atoms with E-state index in [-0.39, 0.29) is 11.8 Å². The van der Waals surface area contributed by atoms with E-state index < -0.39 is 0 Å². The van der Waals surface area contributed by atoms with Crippen molar-refractivity contribution in [3.8, 4) is 5.75 Å². The minimum absolute atomic E-state index is 0.0245. The summed E-state index contributed by atoms with van der Waals surface area (Å²) in [5, 5.41) is 0. The van der Waals surface area contributed by atoms with Crippen LogP contribution in [0, 0.1) is 6.92 Å². The van der Waals surface area contributed by atoms with Gasteiger partial charge in [-0.2, -0.15) is 0 Å². The van der Waals surface area contributed by atoms with E-state index in [9.17, 15) is 9.59 Å². The number of methoxy groups -OCH3 is 1. The van der Waals surface area contributed by atoms with Gasteiger partial charge in [-0.1, -0.05) is 13.3 Å². The highest BCUT2D eigenvalue weighted by Crippen LogP contribution is 2.20. The first-order valence-electron chi connectivity index (χ1n) is 8.28. The second-order valence-corrected chi connectivity index (χ2v) is 5.96. The summed E-state index contributed by atoms with van der Waals surface area (Å²) in [6.45, 7) is 6.47. The largest absolute Gasteiger partial charge is 0.496 e. The first-order valence-corrected chi connectivity index (χ1v) is 8.28. The van der Waals surface area contributed by atoms with Crippen LogP contribution in [0.15, 0.2) is 18.2 Å². The van der Waals surface area contributed by atoms with E-state index in [4.69, 9.17) is 4.74 Å². The molecule has 1 heterocycles. The van der Waals surface area contributed by atoms with Gasteiger partial charge in [-0.05, 0) is 37.1 Å². The Kier molecular flexibility index (Phi) is 6.02. The third kappa shape index (κ3) is 4.24. The van der Waals surface area contributed by atoms with Crippen LogP contribution in [-0.4, -0.2) is 54.9 Å². The van der Waals surface area contributed by atoms with Gasteiger partial charge in [0.25, 0.3) is 5.91 Å². The standard InChI is InChI=1S/C18H26N2O3/c1-4-5-6-17(21)19-9-11-20(12-10-19)18(22)15-7-8-16(23-3)14(2)13-15/h7-8,13H,4-6,9-12H2,1-3H3. The quantitative estimate of drug-likeness (QED) is 0.838. The lowest BCUT2D eigenvalue weighted by atomic mass is 10.1. The Labute approximate surface area is 138 Å². The second-order valence-electron chi connectivity index (χ2n) is 5.96. The Morgan fingerprint density at radius 1 is 1.13 bits per heavy atom. The third-order valence-corrected chi connectivity index (χ3v) is 4.31. The SMILES string of the molecule is CCCCC(=O)N1CCN(C(=O)c2ccc(OC)c(C)c2)CC1. The number of hydrogen-bond donors (Lipinski definition) is 0. The fraction of sp³-hybridized carbons (Fsp3) is 0.556. The molecule has 0 atom stereocenters. The molecule has 0 unspecified atom stereocenters. The summed E-state index contributed by atoms with van der Waals surface area (Å²) in [4.78, 5) is 28.3. The summed E-state index contributed by atoms with van der Waals surface area (Å²) in [5.74, 6) is 1.02. The average Bonchev–Trinajstić information content (AvgIpc) is 2.59. The summed E-state index contributed by atoms with van der Waals surface area (Å²) < 4.78 is 5.23. The van der Waals surface area contributed by atoms with Crippen LogP contribution in [0.1, 0.15) is 42.1 Å². The molecule has 2 rings (SSSR count). The smallest absolute Gasteiger partial charge is 0.253 e. The number of rotatable bonds is 5. The zero-order valence-corrected chi connectivity index (χ0v) is 14.3. The predicted octanol–water partition coefficient (Wildman–Crippen LogP) is 2.48. The molecule has 5 nitrogen and oxygen atoms in total. The first kappa shape index (κ1) is 17.3. The maximum Gasteiger partial charge on any atom is 0.253 e. The number of aryl methyl sites for hydroxylation is 1. The average molecular weight is 318 g/mol. The molecule has 0 N–H and O–H groups in total. The summed E-state index contributed by atoms with van der Waals surface area (Å²) in [6.07, 6.45) is 2.58. The van der Waals surface area contributed by atoms with Crippen LogP contribution in [0.4, 0.5) is 0 Å². The van der Waals surface area contributed by atoms with Crippen LogP contribution in [0.5, 0.6) is 5.75 Å². The number of nitrogens with zero attached hydrogens (tertiary/aromatic N) is 2. The molecule has 5 heteroatoms. The molecule has 0 aromatic heterocycles. The van der Waals surface area contributed by atoms with Crippen molar-refractivity contribution in [3.63, 3.8) is 0 Å². The predicted molar refractivity (Wildman–Crippen MR) is 89.7 cm³/mol. The Bertz CT molecular complexity index is 563. The van der Waals surface area contributed by atoms with Gasteiger partial charge in [0.1, 0.15) is 5.75 Å². The Morgan fingerprint density at radius 3 is 2.35 bits per heavy atom. The van der Waals surface area contributed by atoms with E-state index in [2.05, 4.69) is 6.92 Å².